The maximum atomic E-state index is 5.80. The Morgan fingerprint density at radius 2 is 1.85 bits per heavy atom. The van der Waals surface area contributed by atoms with Crippen LogP contribution in [0.2, 0.25) is 12.6 Å². The first-order valence-corrected chi connectivity index (χ1v) is 7.01. The molecule has 72 valence electrons. The highest BCUT2D eigenvalue weighted by Crippen LogP contribution is 2.26. The smallest absolute Gasteiger partial charge is 0.232 e. The van der Waals surface area contributed by atoms with E-state index in [2.05, 4.69) is 13.5 Å². The molecule has 1 rings (SSSR count). The predicted molar refractivity (Wildman–Crippen MR) is 57.1 cm³/mol. The lowest BCUT2D eigenvalue weighted by Crippen LogP contribution is -2.15. The molecule has 0 spiro atoms. The fourth-order valence-corrected chi connectivity index (χ4v) is 1.81. The Morgan fingerprint density at radius 1 is 1.23 bits per heavy atom. The van der Waals surface area contributed by atoms with Crippen molar-refractivity contribution in [3.63, 3.8) is 0 Å². The Labute approximate surface area is 81.2 Å². The van der Waals surface area contributed by atoms with Crippen molar-refractivity contribution >= 4 is 9.04 Å². The molecule has 0 aliphatic heterocycles. The van der Waals surface area contributed by atoms with Gasteiger partial charge in [0.1, 0.15) is 5.75 Å². The molecular formula is C10H16O2Si. The van der Waals surface area contributed by atoms with E-state index < -0.39 is 9.04 Å². The van der Waals surface area contributed by atoms with Gasteiger partial charge in [-0.25, -0.2) is 0 Å². The number of para-hydroxylation sites is 2. The van der Waals surface area contributed by atoms with Gasteiger partial charge < -0.3 is 9.16 Å². The summed E-state index contributed by atoms with van der Waals surface area (Å²) in [7, 11) is 0.637. The minimum atomic E-state index is -1.03. The van der Waals surface area contributed by atoms with Crippen molar-refractivity contribution in [2.45, 2.75) is 19.5 Å². The molecule has 0 fully saturated rings. The van der Waals surface area contributed by atoms with E-state index in [1.54, 1.807) is 7.11 Å². The summed E-state index contributed by atoms with van der Waals surface area (Å²) in [6.07, 6.45) is 0. The molecule has 0 bridgehead atoms. The molecule has 0 aromatic heterocycles. The normalized spacial score (nSPS) is 12.2. The van der Waals surface area contributed by atoms with Gasteiger partial charge in [0.2, 0.25) is 9.04 Å². The van der Waals surface area contributed by atoms with Crippen LogP contribution in [0.25, 0.3) is 0 Å². The second kappa shape index (κ2) is 4.92. The fourth-order valence-electron chi connectivity index (χ4n) is 1.02. The van der Waals surface area contributed by atoms with E-state index in [-0.39, 0.29) is 0 Å². The van der Waals surface area contributed by atoms with Crippen molar-refractivity contribution in [2.24, 2.45) is 0 Å². The zero-order valence-electron chi connectivity index (χ0n) is 8.41. The molecule has 0 N–H and O–H groups in total. The van der Waals surface area contributed by atoms with Gasteiger partial charge in [0.05, 0.1) is 7.11 Å². The van der Waals surface area contributed by atoms with E-state index >= 15 is 0 Å². The molecule has 0 aliphatic rings. The summed E-state index contributed by atoms with van der Waals surface area (Å²) >= 11 is 0. The third kappa shape index (κ3) is 2.77. The average Bonchev–Trinajstić information content (AvgIpc) is 2.18. The Hall–Kier alpha value is -0.963. The summed E-state index contributed by atoms with van der Waals surface area (Å²) in [5.41, 5.74) is 0. The molecule has 0 saturated heterocycles. The van der Waals surface area contributed by atoms with Crippen molar-refractivity contribution in [2.75, 3.05) is 7.11 Å². The first kappa shape index (κ1) is 10.1. The van der Waals surface area contributed by atoms with Gasteiger partial charge in [-0.05, 0) is 24.7 Å². The van der Waals surface area contributed by atoms with Gasteiger partial charge in [-0.2, -0.15) is 0 Å². The number of hydrogen-bond donors (Lipinski definition) is 0. The third-order valence-electron chi connectivity index (χ3n) is 1.97. The van der Waals surface area contributed by atoms with Crippen LogP contribution in [0.3, 0.4) is 0 Å². The number of hydrogen-bond acceptors (Lipinski definition) is 2. The minimum Gasteiger partial charge on any atom is -0.544 e. The highest BCUT2D eigenvalue weighted by atomic mass is 28.3. The lowest BCUT2D eigenvalue weighted by atomic mass is 10.3. The quantitative estimate of drug-likeness (QED) is 0.689. The van der Waals surface area contributed by atoms with Gasteiger partial charge in [-0.3, -0.25) is 0 Å². The van der Waals surface area contributed by atoms with Crippen LogP contribution in [0.4, 0.5) is 0 Å². The molecule has 0 saturated carbocycles. The van der Waals surface area contributed by atoms with Crippen LogP contribution < -0.4 is 9.16 Å². The lowest BCUT2D eigenvalue weighted by molar-refractivity contribution is 0.394. The number of methoxy groups -OCH3 is 1. The van der Waals surface area contributed by atoms with Crippen LogP contribution in [0, 0.1) is 0 Å². The van der Waals surface area contributed by atoms with Gasteiger partial charge in [0.25, 0.3) is 0 Å². The molecule has 1 aromatic rings. The second-order valence-corrected chi connectivity index (χ2v) is 5.66. The van der Waals surface area contributed by atoms with Gasteiger partial charge in [0.15, 0.2) is 5.75 Å². The molecule has 0 amide bonds. The summed E-state index contributed by atoms with van der Waals surface area (Å²) in [6.45, 7) is 4.35. The van der Waals surface area contributed by atoms with Gasteiger partial charge >= 0.3 is 0 Å². The predicted octanol–water partition coefficient (Wildman–Crippen LogP) is 2.45. The van der Waals surface area contributed by atoms with E-state index in [1.807, 2.05) is 24.3 Å². The molecule has 3 heteroatoms. The van der Waals surface area contributed by atoms with Gasteiger partial charge in [0, 0.05) is 0 Å². The number of benzene rings is 1. The van der Waals surface area contributed by atoms with Crippen molar-refractivity contribution < 1.29 is 9.16 Å². The van der Waals surface area contributed by atoms with Crippen LogP contribution in [0.15, 0.2) is 24.3 Å². The summed E-state index contributed by atoms with van der Waals surface area (Å²) in [4.78, 5) is 0. The molecule has 1 unspecified atom stereocenters. The summed E-state index contributed by atoms with van der Waals surface area (Å²) in [5, 5.41) is 0. The van der Waals surface area contributed by atoms with Crippen LogP contribution >= 0.6 is 0 Å². The van der Waals surface area contributed by atoms with E-state index in [9.17, 15) is 0 Å². The fraction of sp³-hybridized carbons (Fsp3) is 0.400. The van der Waals surface area contributed by atoms with Crippen molar-refractivity contribution in [3.05, 3.63) is 24.3 Å². The Kier molecular flexibility index (Phi) is 3.83. The van der Waals surface area contributed by atoms with Gasteiger partial charge in [-0.1, -0.05) is 19.1 Å². The summed E-state index contributed by atoms with van der Waals surface area (Å²) in [6, 6.07) is 8.93. The van der Waals surface area contributed by atoms with E-state index in [0.717, 1.165) is 17.5 Å². The maximum Gasteiger partial charge on any atom is 0.232 e. The van der Waals surface area contributed by atoms with E-state index in [1.165, 1.54) is 0 Å². The van der Waals surface area contributed by atoms with E-state index in [4.69, 9.17) is 9.16 Å². The van der Waals surface area contributed by atoms with Crippen molar-refractivity contribution in [1.29, 1.82) is 0 Å². The van der Waals surface area contributed by atoms with Crippen LogP contribution in [0.5, 0.6) is 11.5 Å². The van der Waals surface area contributed by atoms with E-state index in [0.29, 0.717) is 0 Å². The topological polar surface area (TPSA) is 18.5 Å². The monoisotopic (exact) mass is 196 g/mol. The summed E-state index contributed by atoms with van der Waals surface area (Å²) < 4.78 is 11.0. The maximum absolute atomic E-state index is 5.80. The SMILES string of the molecule is CC[SiH](C)Oc1ccccc1OC. The standard InChI is InChI=1S/C10H16O2Si/c1-4-13(3)12-10-8-6-5-7-9(10)11-2/h5-8,13H,4H2,1-3H3. The molecule has 13 heavy (non-hydrogen) atoms. The molecule has 1 atom stereocenters. The average molecular weight is 196 g/mol. The molecule has 0 radical (unpaired) electrons. The third-order valence-corrected chi connectivity index (χ3v) is 3.78. The first-order chi connectivity index (χ1) is 6.27. The Balaban J connectivity index is 2.74. The molecular weight excluding hydrogens is 180 g/mol. The van der Waals surface area contributed by atoms with Crippen LogP contribution in [0.1, 0.15) is 6.92 Å². The largest absolute Gasteiger partial charge is 0.544 e. The highest BCUT2D eigenvalue weighted by molar-refractivity contribution is 6.50. The van der Waals surface area contributed by atoms with Crippen LogP contribution in [-0.4, -0.2) is 16.2 Å². The van der Waals surface area contributed by atoms with Gasteiger partial charge in [-0.15, -0.1) is 0 Å². The molecule has 0 aliphatic carbocycles. The Morgan fingerprint density at radius 3 is 2.38 bits per heavy atom. The summed E-state index contributed by atoms with van der Waals surface area (Å²) in [5.74, 6) is 1.71. The number of rotatable bonds is 4. The molecule has 0 heterocycles. The van der Waals surface area contributed by atoms with Crippen LogP contribution in [-0.2, 0) is 0 Å². The minimum absolute atomic E-state index is 0.829. The second-order valence-electron chi connectivity index (χ2n) is 2.99. The van der Waals surface area contributed by atoms with Crippen molar-refractivity contribution in [3.8, 4) is 11.5 Å². The zero-order chi connectivity index (χ0) is 9.68. The number of ether oxygens (including phenoxy) is 1. The zero-order valence-corrected chi connectivity index (χ0v) is 9.57. The Bertz CT molecular complexity index is 263. The lowest BCUT2D eigenvalue weighted by Gasteiger charge is -2.14. The first-order valence-electron chi connectivity index (χ1n) is 4.57. The molecule has 2 nitrogen and oxygen atoms in total. The molecule has 1 aromatic carbocycles. The highest BCUT2D eigenvalue weighted by Gasteiger charge is 2.07. The van der Waals surface area contributed by atoms with Crippen molar-refractivity contribution in [1.82, 2.24) is 0 Å².